The van der Waals surface area contributed by atoms with Gasteiger partial charge in [-0.2, -0.15) is 4.31 Å². The molecule has 0 saturated carbocycles. The molecule has 0 saturated heterocycles. The second-order valence-corrected chi connectivity index (χ2v) is 11.2. The number of anilines is 1. The Hall–Kier alpha value is -2.23. The standard InChI is InChI=1S/C24H32N2O5S2/c1-4-15-26(16-5-2)33(29,30)18-13-11-17(12-14-18)22(27)25-23-21(24(28)31-3)19-9-7-6-8-10-20(19)32-23/h11-14H,4-10,15-16H2,1-3H3,(H,25,27). The Bertz CT molecular complexity index is 1080. The molecule has 1 aliphatic rings. The summed E-state index contributed by atoms with van der Waals surface area (Å²) in [4.78, 5) is 26.7. The van der Waals surface area contributed by atoms with Crippen LogP contribution in [0.2, 0.25) is 0 Å². The lowest BCUT2D eigenvalue weighted by Gasteiger charge is -2.21. The second-order valence-electron chi connectivity index (χ2n) is 8.14. The molecule has 0 bridgehead atoms. The Kier molecular flexibility index (Phi) is 8.67. The monoisotopic (exact) mass is 492 g/mol. The molecule has 1 amide bonds. The Balaban J connectivity index is 1.84. The van der Waals surface area contributed by atoms with Crippen molar-refractivity contribution in [1.82, 2.24) is 4.31 Å². The molecule has 0 aliphatic heterocycles. The van der Waals surface area contributed by atoms with Crippen molar-refractivity contribution in [1.29, 1.82) is 0 Å². The third kappa shape index (κ3) is 5.65. The van der Waals surface area contributed by atoms with Gasteiger partial charge in [-0.3, -0.25) is 4.79 Å². The minimum Gasteiger partial charge on any atom is -0.465 e. The van der Waals surface area contributed by atoms with E-state index in [2.05, 4.69) is 5.32 Å². The van der Waals surface area contributed by atoms with E-state index in [1.54, 1.807) is 0 Å². The highest BCUT2D eigenvalue weighted by Crippen LogP contribution is 2.38. The molecule has 0 unspecified atom stereocenters. The summed E-state index contributed by atoms with van der Waals surface area (Å²) in [6, 6.07) is 5.95. The maximum atomic E-state index is 13.0. The van der Waals surface area contributed by atoms with E-state index in [9.17, 15) is 18.0 Å². The van der Waals surface area contributed by atoms with E-state index >= 15 is 0 Å². The van der Waals surface area contributed by atoms with Gasteiger partial charge >= 0.3 is 5.97 Å². The molecular formula is C24H32N2O5S2. The van der Waals surface area contributed by atoms with Gasteiger partial charge in [-0.1, -0.05) is 20.3 Å². The van der Waals surface area contributed by atoms with E-state index in [1.165, 1.54) is 47.0 Å². The number of nitrogens with zero attached hydrogens (tertiary/aromatic N) is 1. The minimum absolute atomic E-state index is 0.166. The molecule has 1 aromatic carbocycles. The van der Waals surface area contributed by atoms with Gasteiger partial charge in [0.05, 0.1) is 17.6 Å². The lowest BCUT2D eigenvalue weighted by atomic mass is 10.1. The molecule has 1 aromatic heterocycles. The number of hydrogen-bond acceptors (Lipinski definition) is 6. The zero-order valence-electron chi connectivity index (χ0n) is 19.5. The molecule has 1 N–H and O–H groups in total. The normalized spacial score (nSPS) is 13.9. The van der Waals surface area contributed by atoms with Gasteiger partial charge in [0.15, 0.2) is 0 Å². The number of methoxy groups -OCH3 is 1. The highest BCUT2D eigenvalue weighted by molar-refractivity contribution is 7.89. The fourth-order valence-electron chi connectivity index (χ4n) is 4.10. The maximum Gasteiger partial charge on any atom is 0.341 e. The van der Waals surface area contributed by atoms with Crippen LogP contribution in [0.15, 0.2) is 29.2 Å². The van der Waals surface area contributed by atoms with Gasteiger partial charge in [-0.25, -0.2) is 13.2 Å². The predicted molar refractivity (Wildman–Crippen MR) is 131 cm³/mol. The van der Waals surface area contributed by atoms with E-state index < -0.39 is 16.0 Å². The Morgan fingerprint density at radius 3 is 2.27 bits per heavy atom. The highest BCUT2D eigenvalue weighted by Gasteiger charge is 2.27. The van der Waals surface area contributed by atoms with Crippen LogP contribution in [0.5, 0.6) is 0 Å². The average Bonchev–Trinajstić information content (AvgIpc) is 2.98. The Morgan fingerprint density at radius 2 is 1.67 bits per heavy atom. The summed E-state index contributed by atoms with van der Waals surface area (Å²) in [5, 5.41) is 3.35. The third-order valence-corrected chi connectivity index (χ3v) is 8.86. The van der Waals surface area contributed by atoms with Crippen molar-refractivity contribution < 1.29 is 22.7 Å². The molecule has 9 heteroatoms. The molecule has 0 fully saturated rings. The molecule has 33 heavy (non-hydrogen) atoms. The van der Waals surface area contributed by atoms with Gasteiger partial charge in [0.2, 0.25) is 10.0 Å². The summed E-state index contributed by atoms with van der Waals surface area (Å²) in [5.74, 6) is -0.836. The first-order chi connectivity index (χ1) is 15.8. The first-order valence-electron chi connectivity index (χ1n) is 11.5. The van der Waals surface area contributed by atoms with E-state index in [1.807, 2.05) is 13.8 Å². The quantitative estimate of drug-likeness (QED) is 0.398. The number of rotatable bonds is 9. The number of sulfonamides is 1. The second kappa shape index (κ2) is 11.3. The first-order valence-corrected chi connectivity index (χ1v) is 13.7. The molecule has 7 nitrogen and oxygen atoms in total. The fraction of sp³-hybridized carbons (Fsp3) is 0.500. The SMILES string of the molecule is CCCN(CCC)S(=O)(=O)c1ccc(C(=O)Nc2sc3c(c2C(=O)OC)CCCCC3)cc1. The number of ether oxygens (including phenoxy) is 1. The number of carbonyl (C=O) groups is 2. The van der Waals surface area contributed by atoms with Gasteiger partial charge in [0, 0.05) is 23.5 Å². The fourth-order valence-corrected chi connectivity index (χ4v) is 7.00. The van der Waals surface area contributed by atoms with Gasteiger partial charge in [0.25, 0.3) is 5.91 Å². The smallest absolute Gasteiger partial charge is 0.341 e. The zero-order valence-corrected chi connectivity index (χ0v) is 21.1. The van der Waals surface area contributed by atoms with Gasteiger partial charge in [0.1, 0.15) is 5.00 Å². The summed E-state index contributed by atoms with van der Waals surface area (Å²) < 4.78 is 32.4. The zero-order chi connectivity index (χ0) is 24.0. The maximum absolute atomic E-state index is 13.0. The molecule has 1 aliphatic carbocycles. The van der Waals surface area contributed by atoms with Crippen LogP contribution in [0, 0.1) is 0 Å². The van der Waals surface area contributed by atoms with Gasteiger partial charge in [-0.05, 0) is 68.4 Å². The summed E-state index contributed by atoms with van der Waals surface area (Å²) in [7, 11) is -2.27. The van der Waals surface area contributed by atoms with Crippen molar-refractivity contribution in [3.63, 3.8) is 0 Å². The van der Waals surface area contributed by atoms with Crippen LogP contribution in [-0.4, -0.2) is 44.8 Å². The van der Waals surface area contributed by atoms with Gasteiger partial charge in [-0.15, -0.1) is 11.3 Å². The number of carbonyl (C=O) groups excluding carboxylic acids is 2. The van der Waals surface area contributed by atoms with Crippen LogP contribution in [0.1, 0.15) is 77.1 Å². The van der Waals surface area contributed by atoms with E-state index in [-0.39, 0.29) is 10.8 Å². The van der Waals surface area contributed by atoms with Crippen molar-refractivity contribution in [3.05, 3.63) is 45.8 Å². The third-order valence-electron chi connectivity index (χ3n) is 5.74. The van der Waals surface area contributed by atoms with Crippen molar-refractivity contribution >= 4 is 38.2 Å². The molecule has 0 radical (unpaired) electrons. The molecule has 2 aromatic rings. The number of benzene rings is 1. The molecule has 180 valence electrons. The predicted octanol–water partition coefficient (Wildman–Crippen LogP) is 4.87. The van der Waals surface area contributed by atoms with Crippen LogP contribution >= 0.6 is 11.3 Å². The number of esters is 1. The molecule has 0 spiro atoms. The summed E-state index contributed by atoms with van der Waals surface area (Å²) in [5.41, 5.74) is 1.75. The van der Waals surface area contributed by atoms with Crippen molar-refractivity contribution in [2.45, 2.75) is 63.7 Å². The van der Waals surface area contributed by atoms with Gasteiger partial charge < -0.3 is 10.1 Å². The number of aryl methyl sites for hydroxylation is 1. The summed E-state index contributed by atoms with van der Waals surface area (Å²) in [6.45, 7) is 4.80. The van der Waals surface area contributed by atoms with Crippen molar-refractivity contribution in [2.75, 3.05) is 25.5 Å². The van der Waals surface area contributed by atoms with E-state index in [4.69, 9.17) is 4.74 Å². The lowest BCUT2D eigenvalue weighted by Crippen LogP contribution is -2.32. The van der Waals surface area contributed by atoms with Crippen LogP contribution in [0.3, 0.4) is 0 Å². The van der Waals surface area contributed by atoms with Crippen molar-refractivity contribution in [3.8, 4) is 0 Å². The lowest BCUT2D eigenvalue weighted by molar-refractivity contribution is 0.0601. The number of amides is 1. The summed E-state index contributed by atoms with van der Waals surface area (Å²) in [6.07, 6.45) is 6.32. The van der Waals surface area contributed by atoms with Crippen LogP contribution < -0.4 is 5.32 Å². The molecule has 1 heterocycles. The highest BCUT2D eigenvalue weighted by atomic mass is 32.2. The van der Waals surface area contributed by atoms with Crippen LogP contribution in [0.4, 0.5) is 5.00 Å². The summed E-state index contributed by atoms with van der Waals surface area (Å²) >= 11 is 1.43. The number of thiophene rings is 1. The van der Waals surface area contributed by atoms with Crippen molar-refractivity contribution in [2.24, 2.45) is 0 Å². The largest absolute Gasteiger partial charge is 0.465 e. The van der Waals surface area contributed by atoms with Crippen LogP contribution in [0.25, 0.3) is 0 Å². The Labute approximate surface area is 200 Å². The molecule has 0 atom stereocenters. The van der Waals surface area contributed by atoms with Crippen LogP contribution in [-0.2, 0) is 27.6 Å². The first kappa shape index (κ1) is 25.4. The topological polar surface area (TPSA) is 92.8 Å². The number of nitrogens with one attached hydrogen (secondary N) is 1. The number of hydrogen-bond donors (Lipinski definition) is 1. The Morgan fingerprint density at radius 1 is 1.03 bits per heavy atom. The minimum atomic E-state index is -3.61. The number of fused-ring (bicyclic) bond motifs is 1. The van der Waals surface area contributed by atoms with E-state index in [0.29, 0.717) is 29.2 Å². The molecule has 3 rings (SSSR count). The average molecular weight is 493 g/mol. The molecular weight excluding hydrogens is 460 g/mol. The van der Waals surface area contributed by atoms with E-state index in [0.717, 1.165) is 55.4 Å².